The number of rotatable bonds is 13. The van der Waals surface area contributed by atoms with Gasteiger partial charge in [-0.2, -0.15) is 0 Å². The number of likely N-dealkylation sites (N-methyl/N-ethyl adjacent to an activating group) is 1. The van der Waals surface area contributed by atoms with Gasteiger partial charge in [0.1, 0.15) is 5.82 Å². The van der Waals surface area contributed by atoms with Crippen LogP contribution in [0.4, 0.5) is 0 Å². The Morgan fingerprint density at radius 2 is 1.68 bits per heavy atom. The second kappa shape index (κ2) is 12.6. The molecule has 196 valence electrons. The molecule has 0 atom stereocenters. The van der Waals surface area contributed by atoms with Gasteiger partial charge in [0.25, 0.3) is 5.56 Å². The van der Waals surface area contributed by atoms with Gasteiger partial charge in [-0.15, -0.1) is 0 Å². The number of aromatic nitrogens is 5. The van der Waals surface area contributed by atoms with Crippen LogP contribution in [-0.4, -0.2) is 59.9 Å². The van der Waals surface area contributed by atoms with Gasteiger partial charge < -0.3 is 9.67 Å². The average molecular weight is 505 g/mol. The van der Waals surface area contributed by atoms with Crippen molar-refractivity contribution in [3.63, 3.8) is 0 Å². The molecule has 0 aliphatic carbocycles. The molecule has 0 aliphatic rings. The van der Waals surface area contributed by atoms with Crippen LogP contribution < -0.4 is 11.2 Å². The van der Waals surface area contributed by atoms with Crippen LogP contribution in [0.2, 0.25) is 0 Å². The SMILES string of the molecule is CCCn1c(=O)c2c(nc(Cc3ccccn3)n2CCN(CC)CCO)n(CCc2ccccc2)c1=O. The Labute approximate surface area is 216 Å². The predicted molar refractivity (Wildman–Crippen MR) is 145 cm³/mol. The summed E-state index contributed by atoms with van der Waals surface area (Å²) >= 11 is 0. The number of hydrogen-bond acceptors (Lipinski definition) is 6. The summed E-state index contributed by atoms with van der Waals surface area (Å²) in [6, 6.07) is 15.7. The molecule has 0 saturated heterocycles. The van der Waals surface area contributed by atoms with E-state index in [-0.39, 0.29) is 17.9 Å². The number of aliphatic hydroxyl groups is 1. The molecule has 9 heteroatoms. The van der Waals surface area contributed by atoms with Crippen molar-refractivity contribution in [2.45, 2.75) is 52.7 Å². The number of benzene rings is 1. The lowest BCUT2D eigenvalue weighted by Gasteiger charge is -2.20. The Balaban J connectivity index is 1.86. The fourth-order valence-electron chi connectivity index (χ4n) is 4.69. The number of aryl methyl sites for hydroxylation is 2. The Morgan fingerprint density at radius 1 is 0.892 bits per heavy atom. The minimum Gasteiger partial charge on any atom is -0.395 e. The van der Waals surface area contributed by atoms with Crippen LogP contribution in [0.1, 0.15) is 37.4 Å². The smallest absolute Gasteiger partial charge is 0.332 e. The summed E-state index contributed by atoms with van der Waals surface area (Å²) in [4.78, 5) is 38.7. The molecule has 9 nitrogen and oxygen atoms in total. The Morgan fingerprint density at radius 3 is 2.35 bits per heavy atom. The zero-order chi connectivity index (χ0) is 26.2. The first kappa shape index (κ1) is 26.5. The van der Waals surface area contributed by atoms with Crippen molar-refractivity contribution < 1.29 is 5.11 Å². The van der Waals surface area contributed by atoms with E-state index >= 15 is 0 Å². The topological polar surface area (TPSA) is 98.2 Å². The first-order valence-corrected chi connectivity index (χ1v) is 13.1. The molecular weight excluding hydrogens is 468 g/mol. The van der Waals surface area contributed by atoms with Gasteiger partial charge in [0.05, 0.1) is 6.61 Å². The van der Waals surface area contributed by atoms with E-state index in [4.69, 9.17) is 4.98 Å². The van der Waals surface area contributed by atoms with Gasteiger partial charge in [-0.3, -0.25) is 23.8 Å². The van der Waals surface area contributed by atoms with Crippen LogP contribution in [0.3, 0.4) is 0 Å². The van der Waals surface area contributed by atoms with E-state index in [1.54, 1.807) is 10.8 Å². The molecule has 3 heterocycles. The molecule has 0 unspecified atom stereocenters. The molecule has 37 heavy (non-hydrogen) atoms. The summed E-state index contributed by atoms with van der Waals surface area (Å²) < 4.78 is 4.96. The fourth-order valence-corrected chi connectivity index (χ4v) is 4.69. The molecule has 0 amide bonds. The quantitative estimate of drug-likeness (QED) is 0.300. The average Bonchev–Trinajstić information content (AvgIpc) is 3.27. The van der Waals surface area contributed by atoms with E-state index in [9.17, 15) is 14.7 Å². The third kappa shape index (κ3) is 6.06. The molecule has 1 N–H and O–H groups in total. The number of pyridine rings is 1. The fraction of sp³-hybridized carbons (Fsp3) is 0.429. The van der Waals surface area contributed by atoms with Gasteiger partial charge >= 0.3 is 5.69 Å². The second-order valence-corrected chi connectivity index (χ2v) is 9.13. The van der Waals surface area contributed by atoms with Crippen molar-refractivity contribution in [2.24, 2.45) is 0 Å². The highest BCUT2D eigenvalue weighted by Crippen LogP contribution is 2.16. The summed E-state index contributed by atoms with van der Waals surface area (Å²) in [5.41, 5.74) is 2.21. The zero-order valence-electron chi connectivity index (χ0n) is 21.7. The minimum absolute atomic E-state index is 0.0711. The van der Waals surface area contributed by atoms with Crippen molar-refractivity contribution in [1.82, 2.24) is 28.6 Å². The Bertz CT molecular complexity index is 1410. The minimum atomic E-state index is -0.320. The summed E-state index contributed by atoms with van der Waals surface area (Å²) in [5.74, 6) is 0.702. The Kier molecular flexibility index (Phi) is 9.03. The molecule has 0 saturated carbocycles. The lowest BCUT2D eigenvalue weighted by atomic mass is 10.1. The molecule has 0 aliphatic heterocycles. The van der Waals surface area contributed by atoms with Gasteiger partial charge in [-0.25, -0.2) is 9.78 Å². The van der Waals surface area contributed by atoms with Gasteiger partial charge in [0.2, 0.25) is 0 Å². The summed E-state index contributed by atoms with van der Waals surface area (Å²) in [7, 11) is 0. The molecule has 0 spiro atoms. The van der Waals surface area contributed by atoms with E-state index in [2.05, 4.69) is 9.88 Å². The standard InChI is InChI=1S/C28H36N6O3/c1-3-15-34-27(36)25-26(33(28(34)37)16-13-22-10-6-5-7-11-22)30-24(21-23-12-8-9-14-29-23)32(25)18-17-31(4-2)19-20-35/h5-12,14,35H,3-4,13,15-21H2,1-2H3. The van der Waals surface area contributed by atoms with Crippen LogP contribution in [0, 0.1) is 0 Å². The molecule has 4 aromatic rings. The highest BCUT2D eigenvalue weighted by molar-refractivity contribution is 5.71. The molecule has 0 bridgehead atoms. The molecule has 0 radical (unpaired) electrons. The monoisotopic (exact) mass is 504 g/mol. The number of imidazole rings is 1. The first-order valence-electron chi connectivity index (χ1n) is 13.1. The summed E-state index contributed by atoms with van der Waals surface area (Å²) in [6.07, 6.45) is 3.52. The normalized spacial score (nSPS) is 11.6. The Hall–Kier alpha value is -3.56. The number of aliphatic hydroxyl groups excluding tert-OH is 1. The lowest BCUT2D eigenvalue weighted by Crippen LogP contribution is -2.41. The van der Waals surface area contributed by atoms with E-state index in [1.165, 1.54) is 4.57 Å². The van der Waals surface area contributed by atoms with Crippen molar-refractivity contribution in [3.05, 3.63) is 92.6 Å². The first-order chi connectivity index (χ1) is 18.1. The van der Waals surface area contributed by atoms with E-state index in [0.717, 1.165) is 17.8 Å². The largest absolute Gasteiger partial charge is 0.395 e. The van der Waals surface area contributed by atoms with Crippen LogP contribution in [0.25, 0.3) is 11.2 Å². The lowest BCUT2D eigenvalue weighted by molar-refractivity contribution is 0.197. The van der Waals surface area contributed by atoms with Crippen molar-refractivity contribution in [1.29, 1.82) is 0 Å². The summed E-state index contributed by atoms with van der Waals surface area (Å²) in [6.45, 7) is 7.36. The second-order valence-electron chi connectivity index (χ2n) is 9.13. The van der Waals surface area contributed by atoms with E-state index in [0.29, 0.717) is 69.0 Å². The molecule has 3 aromatic heterocycles. The highest BCUT2D eigenvalue weighted by Gasteiger charge is 2.22. The third-order valence-corrected chi connectivity index (χ3v) is 6.68. The van der Waals surface area contributed by atoms with Crippen molar-refractivity contribution >= 4 is 11.2 Å². The van der Waals surface area contributed by atoms with Crippen LogP contribution in [-0.2, 0) is 32.5 Å². The number of nitrogens with zero attached hydrogens (tertiary/aromatic N) is 6. The van der Waals surface area contributed by atoms with E-state index < -0.39 is 0 Å². The number of fused-ring (bicyclic) bond motifs is 1. The van der Waals surface area contributed by atoms with Crippen molar-refractivity contribution in [3.8, 4) is 0 Å². The van der Waals surface area contributed by atoms with Crippen LogP contribution >= 0.6 is 0 Å². The molecule has 1 aromatic carbocycles. The predicted octanol–water partition coefficient (Wildman–Crippen LogP) is 2.31. The molecule has 4 rings (SSSR count). The maximum absolute atomic E-state index is 13.7. The molecule has 0 fully saturated rings. The zero-order valence-corrected chi connectivity index (χ0v) is 21.7. The maximum atomic E-state index is 13.7. The number of hydrogen-bond donors (Lipinski definition) is 1. The van der Waals surface area contributed by atoms with E-state index in [1.807, 2.05) is 66.9 Å². The van der Waals surface area contributed by atoms with Crippen LogP contribution in [0.5, 0.6) is 0 Å². The van der Waals surface area contributed by atoms with Crippen LogP contribution in [0.15, 0.2) is 64.3 Å². The van der Waals surface area contributed by atoms with Gasteiger partial charge in [-0.05, 0) is 37.1 Å². The highest BCUT2D eigenvalue weighted by atomic mass is 16.3. The third-order valence-electron chi connectivity index (χ3n) is 6.68. The van der Waals surface area contributed by atoms with Gasteiger partial charge in [0.15, 0.2) is 11.2 Å². The van der Waals surface area contributed by atoms with Crippen molar-refractivity contribution in [2.75, 3.05) is 26.2 Å². The van der Waals surface area contributed by atoms with Gasteiger partial charge in [0, 0.05) is 51.0 Å². The summed E-state index contributed by atoms with van der Waals surface area (Å²) in [5, 5.41) is 9.45. The van der Waals surface area contributed by atoms with Gasteiger partial charge in [-0.1, -0.05) is 50.2 Å². The molecular formula is C28H36N6O3. The maximum Gasteiger partial charge on any atom is 0.332 e.